The van der Waals surface area contributed by atoms with E-state index in [9.17, 15) is 9.59 Å². The smallest absolute Gasteiger partial charge is 0.272 e. The van der Waals surface area contributed by atoms with Gasteiger partial charge < -0.3 is 10.2 Å². The Morgan fingerprint density at radius 1 is 1.50 bits per heavy atom. The summed E-state index contributed by atoms with van der Waals surface area (Å²) >= 11 is 5.67. The van der Waals surface area contributed by atoms with Crippen LogP contribution in [0.2, 0.25) is 5.02 Å². The van der Waals surface area contributed by atoms with Crippen LogP contribution in [-0.2, 0) is 4.79 Å². The molecule has 0 unspecified atom stereocenters. The summed E-state index contributed by atoms with van der Waals surface area (Å²) in [4.78, 5) is 28.4. The molecule has 1 aliphatic rings. The Labute approximate surface area is 97.4 Å². The third kappa shape index (κ3) is 2.30. The van der Waals surface area contributed by atoms with Gasteiger partial charge in [-0.25, -0.2) is 4.98 Å². The van der Waals surface area contributed by atoms with Crippen LogP contribution in [0.3, 0.4) is 0 Å². The summed E-state index contributed by atoms with van der Waals surface area (Å²) in [6.07, 6.45) is 1.42. The Balaban J connectivity index is 2.12. The molecule has 16 heavy (non-hydrogen) atoms. The van der Waals surface area contributed by atoms with Crippen LogP contribution in [0.25, 0.3) is 0 Å². The number of hydrogen-bond donors (Lipinski definition) is 1. The molecule has 2 rings (SSSR count). The maximum absolute atomic E-state index is 11.9. The van der Waals surface area contributed by atoms with Gasteiger partial charge in [0.05, 0.1) is 11.6 Å². The standard InChI is InChI=1S/C10H10ClN3O2/c11-7-1-2-8(13-5-7)10(16)14-4-3-12-9(15)6-14/h1-2,5H,3-4,6H2,(H,12,15). The Hall–Kier alpha value is -1.62. The van der Waals surface area contributed by atoms with Crippen LogP contribution in [0.4, 0.5) is 0 Å². The highest BCUT2D eigenvalue weighted by atomic mass is 35.5. The molecule has 0 saturated carbocycles. The number of carbonyl (C=O) groups is 2. The lowest BCUT2D eigenvalue weighted by atomic mass is 10.3. The molecular weight excluding hydrogens is 230 g/mol. The predicted molar refractivity (Wildman–Crippen MR) is 58.2 cm³/mol. The highest BCUT2D eigenvalue weighted by Crippen LogP contribution is 2.08. The average molecular weight is 240 g/mol. The van der Waals surface area contributed by atoms with E-state index in [1.54, 1.807) is 12.1 Å². The molecule has 0 aromatic carbocycles. The lowest BCUT2D eigenvalue weighted by Gasteiger charge is -2.26. The molecule has 0 spiro atoms. The minimum atomic E-state index is -0.244. The van der Waals surface area contributed by atoms with Crippen LogP contribution >= 0.6 is 11.6 Å². The van der Waals surface area contributed by atoms with Crippen LogP contribution in [0.1, 0.15) is 10.5 Å². The normalized spacial score (nSPS) is 15.8. The first kappa shape index (κ1) is 10.9. The third-order valence-corrected chi connectivity index (χ3v) is 2.50. The zero-order valence-electron chi connectivity index (χ0n) is 8.44. The van der Waals surface area contributed by atoms with Crippen LogP contribution in [0.5, 0.6) is 0 Å². The summed E-state index contributed by atoms with van der Waals surface area (Å²) in [7, 11) is 0. The minimum Gasteiger partial charge on any atom is -0.353 e. The maximum atomic E-state index is 11.9. The van der Waals surface area contributed by atoms with Crippen LogP contribution in [0.15, 0.2) is 18.3 Å². The number of carbonyl (C=O) groups excluding carboxylic acids is 2. The number of amides is 2. The molecule has 1 N–H and O–H groups in total. The fourth-order valence-electron chi connectivity index (χ4n) is 1.48. The number of pyridine rings is 1. The molecule has 6 heteroatoms. The van der Waals surface area contributed by atoms with Gasteiger partial charge in [0.15, 0.2) is 0 Å². The maximum Gasteiger partial charge on any atom is 0.272 e. The van der Waals surface area contributed by atoms with Gasteiger partial charge in [-0.15, -0.1) is 0 Å². The molecule has 0 aliphatic carbocycles. The van der Waals surface area contributed by atoms with Crippen molar-refractivity contribution in [3.8, 4) is 0 Å². The largest absolute Gasteiger partial charge is 0.353 e. The van der Waals surface area contributed by atoms with Gasteiger partial charge in [-0.05, 0) is 12.1 Å². The van der Waals surface area contributed by atoms with E-state index in [1.165, 1.54) is 11.1 Å². The van der Waals surface area contributed by atoms with Crippen LogP contribution in [-0.4, -0.2) is 41.3 Å². The lowest BCUT2D eigenvalue weighted by Crippen LogP contribution is -2.50. The molecule has 1 aliphatic heterocycles. The number of piperazine rings is 1. The van der Waals surface area contributed by atoms with Crippen LogP contribution in [0, 0.1) is 0 Å². The van der Waals surface area contributed by atoms with E-state index in [0.717, 1.165) is 0 Å². The number of nitrogens with one attached hydrogen (secondary N) is 1. The van der Waals surface area contributed by atoms with Gasteiger partial charge in [0, 0.05) is 19.3 Å². The molecular formula is C10H10ClN3O2. The van der Waals surface area contributed by atoms with E-state index in [4.69, 9.17) is 11.6 Å². The van der Waals surface area contributed by atoms with Crippen molar-refractivity contribution in [2.45, 2.75) is 0 Å². The Morgan fingerprint density at radius 3 is 2.94 bits per heavy atom. The van der Waals surface area contributed by atoms with Gasteiger partial charge in [0.1, 0.15) is 5.69 Å². The summed E-state index contributed by atoms with van der Waals surface area (Å²) in [6, 6.07) is 3.16. The second-order valence-electron chi connectivity index (χ2n) is 3.44. The van der Waals surface area contributed by atoms with Crippen molar-refractivity contribution in [3.63, 3.8) is 0 Å². The Bertz CT molecular complexity index is 419. The minimum absolute atomic E-state index is 0.0864. The van der Waals surface area contributed by atoms with Crippen molar-refractivity contribution < 1.29 is 9.59 Å². The molecule has 1 saturated heterocycles. The van der Waals surface area contributed by atoms with Gasteiger partial charge in [0.25, 0.3) is 5.91 Å². The Morgan fingerprint density at radius 2 is 2.31 bits per heavy atom. The summed E-state index contributed by atoms with van der Waals surface area (Å²) in [5.74, 6) is -0.389. The molecule has 2 heterocycles. The highest BCUT2D eigenvalue weighted by Gasteiger charge is 2.22. The molecule has 0 radical (unpaired) electrons. The number of halogens is 1. The number of aromatic nitrogens is 1. The fourth-order valence-corrected chi connectivity index (χ4v) is 1.59. The quantitative estimate of drug-likeness (QED) is 0.767. The summed E-state index contributed by atoms with van der Waals surface area (Å²) < 4.78 is 0. The molecule has 1 aromatic rings. The number of hydrogen-bond acceptors (Lipinski definition) is 3. The van der Waals surface area contributed by atoms with Crippen molar-refractivity contribution >= 4 is 23.4 Å². The average Bonchev–Trinajstić information content (AvgIpc) is 2.29. The SMILES string of the molecule is O=C1CN(C(=O)c2ccc(Cl)cn2)CCN1. The molecule has 0 atom stereocenters. The first-order chi connectivity index (χ1) is 7.66. The van der Waals surface area contributed by atoms with Gasteiger partial charge in [0.2, 0.25) is 5.91 Å². The summed E-state index contributed by atoms with van der Waals surface area (Å²) in [5, 5.41) is 3.13. The highest BCUT2D eigenvalue weighted by molar-refractivity contribution is 6.30. The second kappa shape index (κ2) is 4.49. The van der Waals surface area contributed by atoms with E-state index in [1.807, 2.05) is 0 Å². The number of nitrogens with zero attached hydrogens (tertiary/aromatic N) is 2. The van der Waals surface area contributed by atoms with E-state index < -0.39 is 0 Å². The van der Waals surface area contributed by atoms with Gasteiger partial charge in [-0.1, -0.05) is 11.6 Å². The molecule has 5 nitrogen and oxygen atoms in total. The topological polar surface area (TPSA) is 62.3 Å². The van der Waals surface area contributed by atoms with Crippen molar-refractivity contribution in [2.75, 3.05) is 19.6 Å². The van der Waals surface area contributed by atoms with Crippen LogP contribution < -0.4 is 5.32 Å². The molecule has 0 bridgehead atoms. The number of rotatable bonds is 1. The monoisotopic (exact) mass is 239 g/mol. The second-order valence-corrected chi connectivity index (χ2v) is 3.87. The first-order valence-corrected chi connectivity index (χ1v) is 5.22. The zero-order chi connectivity index (χ0) is 11.5. The molecule has 84 valence electrons. The Kier molecular flexibility index (Phi) is 3.05. The summed E-state index contributed by atoms with van der Waals surface area (Å²) in [6.45, 7) is 1.08. The first-order valence-electron chi connectivity index (χ1n) is 4.84. The molecule has 1 aromatic heterocycles. The fraction of sp³-hybridized carbons (Fsp3) is 0.300. The van der Waals surface area contributed by atoms with E-state index in [0.29, 0.717) is 23.8 Å². The van der Waals surface area contributed by atoms with Gasteiger partial charge in [-0.2, -0.15) is 0 Å². The van der Waals surface area contributed by atoms with Crippen molar-refractivity contribution in [1.29, 1.82) is 0 Å². The third-order valence-electron chi connectivity index (χ3n) is 2.27. The van der Waals surface area contributed by atoms with E-state index in [2.05, 4.69) is 10.3 Å². The van der Waals surface area contributed by atoms with Crippen molar-refractivity contribution in [1.82, 2.24) is 15.2 Å². The van der Waals surface area contributed by atoms with Crippen molar-refractivity contribution in [2.24, 2.45) is 0 Å². The van der Waals surface area contributed by atoms with E-state index >= 15 is 0 Å². The molecule has 1 fully saturated rings. The van der Waals surface area contributed by atoms with Gasteiger partial charge in [-0.3, -0.25) is 9.59 Å². The predicted octanol–water partition coefficient (Wildman–Crippen LogP) is 0.307. The molecule has 2 amide bonds. The van der Waals surface area contributed by atoms with E-state index in [-0.39, 0.29) is 18.4 Å². The van der Waals surface area contributed by atoms with Gasteiger partial charge >= 0.3 is 0 Å². The van der Waals surface area contributed by atoms with Crippen molar-refractivity contribution in [3.05, 3.63) is 29.0 Å². The lowest BCUT2D eigenvalue weighted by molar-refractivity contribution is -0.123. The summed E-state index contributed by atoms with van der Waals surface area (Å²) in [5.41, 5.74) is 0.305. The zero-order valence-corrected chi connectivity index (χ0v) is 9.20.